The number of rotatable bonds is 2. The van der Waals surface area contributed by atoms with Gasteiger partial charge in [-0.25, -0.2) is 0 Å². The van der Waals surface area contributed by atoms with Gasteiger partial charge in [0.25, 0.3) is 0 Å². The summed E-state index contributed by atoms with van der Waals surface area (Å²) in [5.74, 6) is 0.163. The molecule has 0 saturated carbocycles. The molecule has 2 rings (SSSR count). The van der Waals surface area contributed by atoms with Crippen LogP contribution in [0.3, 0.4) is 0 Å². The molecule has 0 amide bonds. The third kappa shape index (κ3) is 1.53. The summed E-state index contributed by atoms with van der Waals surface area (Å²) in [6.45, 7) is 0. The molecule has 4 nitrogen and oxygen atoms in total. The summed E-state index contributed by atoms with van der Waals surface area (Å²) in [5, 5.41) is 19.2. The first-order chi connectivity index (χ1) is 7.24. The molecule has 0 fully saturated rings. The van der Waals surface area contributed by atoms with E-state index in [1.165, 1.54) is 0 Å². The maximum absolute atomic E-state index is 9.93. The maximum atomic E-state index is 9.93. The monoisotopic (exact) mass is 201 g/mol. The molecule has 15 heavy (non-hydrogen) atoms. The molecule has 4 N–H and O–H groups in total. The van der Waals surface area contributed by atoms with Crippen LogP contribution in [0, 0.1) is 11.3 Å². The number of nitriles is 1. The number of aromatic hydroxyl groups is 1. The van der Waals surface area contributed by atoms with Gasteiger partial charge in [-0.2, -0.15) is 5.26 Å². The van der Waals surface area contributed by atoms with E-state index in [-0.39, 0.29) is 12.2 Å². The van der Waals surface area contributed by atoms with Gasteiger partial charge in [-0.05, 0) is 12.1 Å². The lowest BCUT2D eigenvalue weighted by Gasteiger charge is -2.10. The van der Waals surface area contributed by atoms with Crippen molar-refractivity contribution >= 4 is 10.9 Å². The molecule has 0 bridgehead atoms. The maximum Gasteiger partial charge on any atom is 0.129 e. The summed E-state index contributed by atoms with van der Waals surface area (Å²) >= 11 is 0. The lowest BCUT2D eigenvalue weighted by Crippen LogP contribution is -2.09. The van der Waals surface area contributed by atoms with E-state index in [0.29, 0.717) is 5.56 Å². The number of fused-ring (bicyclic) bond motifs is 1. The van der Waals surface area contributed by atoms with Gasteiger partial charge in [0.2, 0.25) is 0 Å². The fraction of sp³-hybridized carbons (Fsp3) is 0.182. The summed E-state index contributed by atoms with van der Waals surface area (Å²) in [5.41, 5.74) is 7.25. The van der Waals surface area contributed by atoms with Crippen LogP contribution in [0.25, 0.3) is 10.9 Å². The van der Waals surface area contributed by atoms with Crippen molar-refractivity contribution in [3.63, 3.8) is 0 Å². The predicted octanol–water partition coefficient (Wildman–Crippen LogP) is 1.79. The van der Waals surface area contributed by atoms with E-state index >= 15 is 0 Å². The Morgan fingerprint density at radius 1 is 1.47 bits per heavy atom. The number of nitrogens with two attached hydrogens (primary N) is 1. The molecular formula is C11H11N3O. The zero-order valence-electron chi connectivity index (χ0n) is 8.07. The molecule has 0 aliphatic carbocycles. The van der Waals surface area contributed by atoms with E-state index in [1.807, 2.05) is 12.1 Å². The number of nitrogens with one attached hydrogen (secondary N) is 1. The first-order valence-corrected chi connectivity index (χ1v) is 4.65. The molecule has 0 aliphatic heterocycles. The van der Waals surface area contributed by atoms with Gasteiger partial charge < -0.3 is 15.8 Å². The first-order valence-electron chi connectivity index (χ1n) is 4.65. The molecule has 1 aromatic carbocycles. The molecule has 0 spiro atoms. The third-order valence-corrected chi connectivity index (χ3v) is 2.45. The van der Waals surface area contributed by atoms with E-state index in [9.17, 15) is 5.11 Å². The van der Waals surface area contributed by atoms with Crippen molar-refractivity contribution in [2.45, 2.75) is 12.5 Å². The SMILES string of the molecule is N#CC[C@@H](N)c1ccc2[nH]ccc2c1O. The van der Waals surface area contributed by atoms with E-state index in [4.69, 9.17) is 11.0 Å². The minimum Gasteiger partial charge on any atom is -0.507 e. The largest absolute Gasteiger partial charge is 0.507 e. The predicted molar refractivity (Wildman–Crippen MR) is 57.1 cm³/mol. The summed E-state index contributed by atoms with van der Waals surface area (Å²) in [7, 11) is 0. The Morgan fingerprint density at radius 2 is 2.27 bits per heavy atom. The number of H-pyrrole nitrogens is 1. The van der Waals surface area contributed by atoms with Crippen molar-refractivity contribution in [2.24, 2.45) is 5.73 Å². The molecule has 0 saturated heterocycles. The van der Waals surface area contributed by atoms with Crippen LogP contribution in [0.2, 0.25) is 0 Å². The minimum absolute atomic E-state index is 0.163. The van der Waals surface area contributed by atoms with Gasteiger partial charge in [-0.3, -0.25) is 0 Å². The summed E-state index contributed by atoms with van der Waals surface area (Å²) in [4.78, 5) is 2.99. The average Bonchev–Trinajstić information content (AvgIpc) is 2.67. The second kappa shape index (κ2) is 3.64. The van der Waals surface area contributed by atoms with Crippen LogP contribution in [0.5, 0.6) is 5.75 Å². The minimum atomic E-state index is -0.436. The van der Waals surface area contributed by atoms with Crippen LogP contribution in [-0.4, -0.2) is 10.1 Å². The average molecular weight is 201 g/mol. The standard InChI is InChI=1S/C11H11N3O/c12-5-3-9(13)7-1-2-10-8(11(7)15)4-6-14-10/h1-2,4,6,9,14-15H,3,13H2/t9-/m1/s1. The molecule has 2 aromatic rings. The molecule has 76 valence electrons. The number of phenolic OH excluding ortho intramolecular Hbond substituents is 1. The molecule has 4 heteroatoms. The number of nitrogens with zero attached hydrogens (tertiary/aromatic N) is 1. The fourth-order valence-corrected chi connectivity index (χ4v) is 1.64. The highest BCUT2D eigenvalue weighted by Crippen LogP contribution is 2.32. The Morgan fingerprint density at radius 3 is 3.00 bits per heavy atom. The van der Waals surface area contributed by atoms with Crippen molar-refractivity contribution in [3.05, 3.63) is 30.0 Å². The second-order valence-corrected chi connectivity index (χ2v) is 3.41. The van der Waals surface area contributed by atoms with Gasteiger partial charge in [-0.15, -0.1) is 0 Å². The highest BCUT2D eigenvalue weighted by molar-refractivity contribution is 5.87. The molecule has 1 heterocycles. The Balaban J connectivity index is 2.53. The number of hydrogen-bond acceptors (Lipinski definition) is 3. The zero-order valence-corrected chi connectivity index (χ0v) is 8.07. The van der Waals surface area contributed by atoms with Crippen LogP contribution in [0.1, 0.15) is 18.0 Å². The van der Waals surface area contributed by atoms with Crippen LogP contribution < -0.4 is 5.73 Å². The Labute approximate surface area is 86.9 Å². The summed E-state index contributed by atoms with van der Waals surface area (Å²) in [6.07, 6.45) is 1.95. The zero-order chi connectivity index (χ0) is 10.8. The van der Waals surface area contributed by atoms with Crippen molar-refractivity contribution in [1.29, 1.82) is 5.26 Å². The third-order valence-electron chi connectivity index (χ3n) is 2.45. The van der Waals surface area contributed by atoms with Crippen molar-refractivity contribution in [1.82, 2.24) is 4.98 Å². The van der Waals surface area contributed by atoms with Gasteiger partial charge in [0.1, 0.15) is 5.75 Å². The Kier molecular flexibility index (Phi) is 2.32. The van der Waals surface area contributed by atoms with Crippen molar-refractivity contribution < 1.29 is 5.11 Å². The first kappa shape index (κ1) is 9.56. The molecule has 0 radical (unpaired) electrons. The van der Waals surface area contributed by atoms with Crippen molar-refractivity contribution in [2.75, 3.05) is 0 Å². The van der Waals surface area contributed by atoms with Crippen LogP contribution >= 0.6 is 0 Å². The molecule has 1 aromatic heterocycles. The number of hydrogen-bond donors (Lipinski definition) is 3. The van der Waals surface area contributed by atoms with Gasteiger partial charge in [0.05, 0.1) is 12.5 Å². The van der Waals surface area contributed by atoms with Crippen LogP contribution in [0.15, 0.2) is 24.4 Å². The molecule has 1 atom stereocenters. The number of phenols is 1. The number of benzene rings is 1. The lowest BCUT2D eigenvalue weighted by molar-refractivity contribution is 0.468. The normalized spacial score (nSPS) is 12.5. The van der Waals surface area contributed by atoms with E-state index in [1.54, 1.807) is 18.3 Å². The van der Waals surface area contributed by atoms with Gasteiger partial charge in [0, 0.05) is 28.7 Å². The Hall–Kier alpha value is -1.99. The van der Waals surface area contributed by atoms with Crippen molar-refractivity contribution in [3.8, 4) is 11.8 Å². The highest BCUT2D eigenvalue weighted by atomic mass is 16.3. The molecule has 0 aliphatic rings. The quantitative estimate of drug-likeness (QED) is 0.692. The number of aromatic nitrogens is 1. The lowest BCUT2D eigenvalue weighted by atomic mass is 10.0. The summed E-state index contributed by atoms with van der Waals surface area (Å²) in [6, 6.07) is 6.94. The van der Waals surface area contributed by atoms with Crippen LogP contribution in [0.4, 0.5) is 0 Å². The number of aromatic amines is 1. The van der Waals surface area contributed by atoms with Gasteiger partial charge >= 0.3 is 0 Å². The van der Waals surface area contributed by atoms with Gasteiger partial charge in [-0.1, -0.05) is 6.07 Å². The summed E-state index contributed by atoms with van der Waals surface area (Å²) < 4.78 is 0. The molecule has 0 unspecified atom stereocenters. The topological polar surface area (TPSA) is 85.8 Å². The van der Waals surface area contributed by atoms with Gasteiger partial charge in [0.15, 0.2) is 0 Å². The Bertz CT molecular complexity index is 524. The van der Waals surface area contributed by atoms with E-state index in [2.05, 4.69) is 4.98 Å². The fourth-order valence-electron chi connectivity index (χ4n) is 1.64. The highest BCUT2D eigenvalue weighted by Gasteiger charge is 2.13. The smallest absolute Gasteiger partial charge is 0.129 e. The van der Waals surface area contributed by atoms with E-state index < -0.39 is 6.04 Å². The van der Waals surface area contributed by atoms with Crippen LogP contribution in [-0.2, 0) is 0 Å². The van der Waals surface area contributed by atoms with E-state index in [0.717, 1.165) is 10.9 Å². The molecular weight excluding hydrogens is 190 g/mol. The second-order valence-electron chi connectivity index (χ2n) is 3.41.